The first-order chi connectivity index (χ1) is 11.3. The first-order valence-corrected chi connectivity index (χ1v) is 9.03. The van der Waals surface area contributed by atoms with Gasteiger partial charge >= 0.3 is 0 Å². The van der Waals surface area contributed by atoms with Crippen LogP contribution in [0.25, 0.3) is 0 Å². The summed E-state index contributed by atoms with van der Waals surface area (Å²) in [5.74, 6) is 1.76. The van der Waals surface area contributed by atoms with Gasteiger partial charge in [0.05, 0.1) is 14.2 Å². The molecule has 23 heavy (non-hydrogen) atoms. The van der Waals surface area contributed by atoms with Gasteiger partial charge in [-0.05, 0) is 50.4 Å². The maximum Gasteiger partial charge on any atom is 0.164 e. The van der Waals surface area contributed by atoms with Gasteiger partial charge in [0.25, 0.3) is 0 Å². The lowest BCUT2D eigenvalue weighted by atomic mass is 10.1. The standard InChI is InChI=1S/C19H30N2O2/c1-22-18-10-8-15-16(19(18)23-2)7-9-17(15)20-11-14-21-12-5-3-4-6-13-21/h8,10,17,20H,3-7,9,11-14H2,1-2H3/t17-/m1/s1. The average molecular weight is 318 g/mol. The Morgan fingerprint density at radius 3 is 2.57 bits per heavy atom. The first-order valence-electron chi connectivity index (χ1n) is 9.03. The molecule has 0 aromatic heterocycles. The van der Waals surface area contributed by atoms with E-state index in [-0.39, 0.29) is 0 Å². The summed E-state index contributed by atoms with van der Waals surface area (Å²) in [5.41, 5.74) is 2.71. The minimum Gasteiger partial charge on any atom is -0.493 e. The molecule has 1 aliphatic carbocycles. The molecule has 1 atom stereocenters. The van der Waals surface area contributed by atoms with Crippen LogP contribution in [-0.4, -0.2) is 45.3 Å². The molecule has 1 fully saturated rings. The van der Waals surface area contributed by atoms with Gasteiger partial charge in [-0.2, -0.15) is 0 Å². The van der Waals surface area contributed by atoms with Crippen molar-refractivity contribution in [1.82, 2.24) is 10.2 Å². The highest BCUT2D eigenvalue weighted by molar-refractivity contribution is 5.53. The third kappa shape index (κ3) is 3.81. The number of methoxy groups -OCH3 is 2. The van der Waals surface area contributed by atoms with E-state index in [1.807, 2.05) is 6.07 Å². The van der Waals surface area contributed by atoms with E-state index < -0.39 is 0 Å². The number of hydrogen-bond acceptors (Lipinski definition) is 4. The minimum atomic E-state index is 0.455. The van der Waals surface area contributed by atoms with Crippen molar-refractivity contribution in [3.63, 3.8) is 0 Å². The molecule has 1 N–H and O–H groups in total. The van der Waals surface area contributed by atoms with E-state index in [1.54, 1.807) is 14.2 Å². The minimum absolute atomic E-state index is 0.455. The predicted molar refractivity (Wildman–Crippen MR) is 93.5 cm³/mol. The fraction of sp³-hybridized carbons (Fsp3) is 0.684. The van der Waals surface area contributed by atoms with Crippen molar-refractivity contribution in [2.75, 3.05) is 40.4 Å². The Morgan fingerprint density at radius 1 is 1.09 bits per heavy atom. The Morgan fingerprint density at radius 2 is 1.87 bits per heavy atom. The zero-order chi connectivity index (χ0) is 16.1. The molecule has 1 aromatic rings. The van der Waals surface area contributed by atoms with Gasteiger partial charge in [-0.3, -0.25) is 0 Å². The molecular weight excluding hydrogens is 288 g/mol. The van der Waals surface area contributed by atoms with E-state index in [1.165, 1.54) is 56.4 Å². The van der Waals surface area contributed by atoms with E-state index in [9.17, 15) is 0 Å². The molecule has 0 amide bonds. The van der Waals surface area contributed by atoms with Crippen LogP contribution in [-0.2, 0) is 6.42 Å². The SMILES string of the molecule is COc1ccc2c(c1OC)CC[C@H]2NCCN1CCCCCC1. The smallest absolute Gasteiger partial charge is 0.164 e. The molecule has 0 spiro atoms. The topological polar surface area (TPSA) is 33.7 Å². The fourth-order valence-electron chi connectivity index (χ4n) is 4.00. The first kappa shape index (κ1) is 16.6. The predicted octanol–water partition coefficient (Wildman–Crippen LogP) is 3.16. The molecule has 4 nitrogen and oxygen atoms in total. The van der Waals surface area contributed by atoms with Crippen molar-refractivity contribution in [3.05, 3.63) is 23.3 Å². The average Bonchev–Trinajstić information content (AvgIpc) is 2.81. The normalized spacial score (nSPS) is 21.7. The maximum atomic E-state index is 5.58. The highest BCUT2D eigenvalue weighted by atomic mass is 16.5. The third-order valence-electron chi connectivity index (χ3n) is 5.26. The van der Waals surface area contributed by atoms with Gasteiger partial charge in [-0.25, -0.2) is 0 Å². The molecule has 4 heteroatoms. The molecule has 0 saturated carbocycles. The molecular formula is C19H30N2O2. The highest BCUT2D eigenvalue weighted by Crippen LogP contribution is 2.42. The van der Waals surface area contributed by atoms with Gasteiger partial charge in [0, 0.05) is 24.7 Å². The fourth-order valence-corrected chi connectivity index (χ4v) is 4.00. The number of nitrogens with zero attached hydrogens (tertiary/aromatic N) is 1. The maximum absolute atomic E-state index is 5.58. The molecule has 2 aliphatic rings. The molecule has 128 valence electrons. The number of hydrogen-bond donors (Lipinski definition) is 1. The largest absolute Gasteiger partial charge is 0.493 e. The molecule has 1 saturated heterocycles. The van der Waals surface area contributed by atoms with Crippen LogP contribution in [0.3, 0.4) is 0 Å². The van der Waals surface area contributed by atoms with Crippen LogP contribution in [0.4, 0.5) is 0 Å². The van der Waals surface area contributed by atoms with Crippen LogP contribution in [0.15, 0.2) is 12.1 Å². The van der Waals surface area contributed by atoms with Gasteiger partial charge in [0.1, 0.15) is 0 Å². The molecule has 1 aromatic carbocycles. The third-order valence-corrected chi connectivity index (χ3v) is 5.26. The van der Waals surface area contributed by atoms with Gasteiger partial charge in [0.15, 0.2) is 11.5 Å². The lowest BCUT2D eigenvalue weighted by Crippen LogP contribution is -2.34. The lowest BCUT2D eigenvalue weighted by Gasteiger charge is -2.22. The van der Waals surface area contributed by atoms with Crippen molar-refractivity contribution >= 4 is 0 Å². The molecule has 1 heterocycles. The number of nitrogens with one attached hydrogen (secondary N) is 1. The number of ether oxygens (including phenoxy) is 2. The van der Waals surface area contributed by atoms with E-state index in [0.717, 1.165) is 30.9 Å². The zero-order valence-corrected chi connectivity index (χ0v) is 14.6. The quantitative estimate of drug-likeness (QED) is 0.873. The summed E-state index contributed by atoms with van der Waals surface area (Å²) < 4.78 is 11.0. The van der Waals surface area contributed by atoms with Gasteiger partial charge in [-0.15, -0.1) is 0 Å². The van der Waals surface area contributed by atoms with Gasteiger partial charge < -0.3 is 19.7 Å². The zero-order valence-electron chi connectivity index (χ0n) is 14.6. The second-order valence-electron chi connectivity index (χ2n) is 6.67. The van der Waals surface area contributed by atoms with Crippen molar-refractivity contribution in [3.8, 4) is 11.5 Å². The molecule has 0 unspecified atom stereocenters. The summed E-state index contributed by atoms with van der Waals surface area (Å²) >= 11 is 0. The highest BCUT2D eigenvalue weighted by Gasteiger charge is 2.27. The number of rotatable bonds is 6. The lowest BCUT2D eigenvalue weighted by molar-refractivity contribution is 0.279. The second kappa shape index (κ2) is 8.02. The summed E-state index contributed by atoms with van der Waals surface area (Å²) in [6, 6.07) is 4.69. The molecule has 0 bridgehead atoms. The molecule has 1 aliphatic heterocycles. The Kier molecular flexibility index (Phi) is 5.79. The number of likely N-dealkylation sites (tertiary alicyclic amines) is 1. The summed E-state index contributed by atoms with van der Waals surface area (Å²) in [4.78, 5) is 2.62. The van der Waals surface area contributed by atoms with Gasteiger partial charge in [-0.1, -0.05) is 18.9 Å². The Bertz CT molecular complexity index is 510. The number of fused-ring (bicyclic) bond motifs is 1. The summed E-state index contributed by atoms with van der Waals surface area (Å²) in [5, 5.41) is 3.76. The summed E-state index contributed by atoms with van der Waals surface area (Å²) in [6.45, 7) is 4.78. The Balaban J connectivity index is 1.57. The van der Waals surface area contributed by atoms with E-state index in [2.05, 4.69) is 16.3 Å². The van der Waals surface area contributed by atoms with E-state index in [4.69, 9.17) is 9.47 Å². The van der Waals surface area contributed by atoms with Crippen LogP contribution in [0.5, 0.6) is 11.5 Å². The Labute approximate surface area is 140 Å². The molecule has 0 radical (unpaired) electrons. The van der Waals surface area contributed by atoms with E-state index >= 15 is 0 Å². The van der Waals surface area contributed by atoms with Crippen LogP contribution in [0.1, 0.15) is 49.3 Å². The van der Waals surface area contributed by atoms with Crippen molar-refractivity contribution in [2.24, 2.45) is 0 Å². The van der Waals surface area contributed by atoms with Crippen LogP contribution in [0.2, 0.25) is 0 Å². The summed E-state index contributed by atoms with van der Waals surface area (Å²) in [6.07, 6.45) is 7.76. The molecule has 3 rings (SSSR count). The van der Waals surface area contributed by atoms with Crippen molar-refractivity contribution in [2.45, 2.75) is 44.6 Å². The van der Waals surface area contributed by atoms with Crippen LogP contribution >= 0.6 is 0 Å². The van der Waals surface area contributed by atoms with Crippen LogP contribution < -0.4 is 14.8 Å². The second-order valence-corrected chi connectivity index (χ2v) is 6.67. The van der Waals surface area contributed by atoms with Crippen molar-refractivity contribution in [1.29, 1.82) is 0 Å². The number of benzene rings is 1. The van der Waals surface area contributed by atoms with E-state index in [0.29, 0.717) is 6.04 Å². The monoisotopic (exact) mass is 318 g/mol. The van der Waals surface area contributed by atoms with Crippen molar-refractivity contribution < 1.29 is 9.47 Å². The van der Waals surface area contributed by atoms with Crippen LogP contribution in [0, 0.1) is 0 Å². The summed E-state index contributed by atoms with van der Waals surface area (Å²) in [7, 11) is 3.44. The Hall–Kier alpha value is -1.26. The van der Waals surface area contributed by atoms with Gasteiger partial charge in [0.2, 0.25) is 0 Å².